The number of carbonyl (C=O) groups is 1. The highest BCUT2D eigenvalue weighted by molar-refractivity contribution is 5.73. The molecule has 0 aliphatic heterocycles. The molecule has 2 aliphatic carbocycles. The van der Waals surface area contributed by atoms with Crippen molar-refractivity contribution in [3.8, 4) is 0 Å². The second kappa shape index (κ2) is 5.36. The standard InChI is InChI=1S/C13H24N2O2/c1-9(2)14-12(13(16)17)8-15(11-5-6-11)7-10-3-4-10/h9-12,14H,3-8H2,1-2H3,(H,16,17). The summed E-state index contributed by atoms with van der Waals surface area (Å²) in [5, 5.41) is 12.4. The van der Waals surface area contributed by atoms with Gasteiger partial charge in [-0.2, -0.15) is 0 Å². The number of hydrogen-bond acceptors (Lipinski definition) is 3. The Labute approximate surface area is 103 Å². The van der Waals surface area contributed by atoms with Crippen LogP contribution in [-0.4, -0.2) is 47.2 Å². The highest BCUT2D eigenvalue weighted by atomic mass is 16.4. The fourth-order valence-corrected chi connectivity index (χ4v) is 2.28. The largest absolute Gasteiger partial charge is 0.480 e. The summed E-state index contributed by atoms with van der Waals surface area (Å²) in [6, 6.07) is 0.457. The van der Waals surface area contributed by atoms with E-state index in [1.165, 1.54) is 25.7 Å². The number of rotatable bonds is 8. The van der Waals surface area contributed by atoms with Gasteiger partial charge in [-0.15, -0.1) is 0 Å². The lowest BCUT2D eigenvalue weighted by molar-refractivity contribution is -0.140. The molecule has 2 rings (SSSR count). The maximum Gasteiger partial charge on any atom is 0.322 e. The summed E-state index contributed by atoms with van der Waals surface area (Å²) in [5.41, 5.74) is 0. The van der Waals surface area contributed by atoms with E-state index in [-0.39, 0.29) is 6.04 Å². The number of carboxylic acids is 1. The van der Waals surface area contributed by atoms with Crippen molar-refractivity contribution >= 4 is 5.97 Å². The Morgan fingerprint density at radius 3 is 2.41 bits per heavy atom. The van der Waals surface area contributed by atoms with Gasteiger partial charge in [0.2, 0.25) is 0 Å². The smallest absolute Gasteiger partial charge is 0.322 e. The summed E-state index contributed by atoms with van der Waals surface area (Å²) in [7, 11) is 0. The Morgan fingerprint density at radius 2 is 2.00 bits per heavy atom. The van der Waals surface area contributed by atoms with Crippen LogP contribution in [0, 0.1) is 5.92 Å². The van der Waals surface area contributed by atoms with Crippen LogP contribution in [0.25, 0.3) is 0 Å². The van der Waals surface area contributed by atoms with E-state index in [0.717, 1.165) is 12.5 Å². The Balaban J connectivity index is 1.85. The highest BCUT2D eigenvalue weighted by Gasteiger charge is 2.35. The SMILES string of the molecule is CC(C)NC(CN(CC1CC1)C1CC1)C(=O)O. The van der Waals surface area contributed by atoms with Crippen LogP contribution in [0.5, 0.6) is 0 Å². The lowest BCUT2D eigenvalue weighted by atomic mass is 10.2. The third kappa shape index (κ3) is 4.28. The van der Waals surface area contributed by atoms with Gasteiger partial charge in [-0.3, -0.25) is 9.69 Å². The zero-order chi connectivity index (χ0) is 12.4. The Bertz CT molecular complexity index is 273. The van der Waals surface area contributed by atoms with Gasteiger partial charge in [0, 0.05) is 25.2 Å². The van der Waals surface area contributed by atoms with Gasteiger partial charge in [0.05, 0.1) is 0 Å². The van der Waals surface area contributed by atoms with Gasteiger partial charge in [-0.05, 0) is 31.6 Å². The first kappa shape index (κ1) is 12.8. The molecule has 0 amide bonds. The molecule has 1 atom stereocenters. The summed E-state index contributed by atoms with van der Waals surface area (Å²) in [6.07, 6.45) is 5.17. The summed E-state index contributed by atoms with van der Waals surface area (Å²) >= 11 is 0. The van der Waals surface area contributed by atoms with Gasteiger partial charge < -0.3 is 10.4 Å². The van der Waals surface area contributed by atoms with Crippen LogP contribution in [-0.2, 0) is 4.79 Å². The van der Waals surface area contributed by atoms with Crippen molar-refractivity contribution in [3.63, 3.8) is 0 Å². The fraction of sp³-hybridized carbons (Fsp3) is 0.923. The molecule has 0 aromatic carbocycles. The summed E-state index contributed by atoms with van der Waals surface area (Å²) in [5.74, 6) is 0.115. The van der Waals surface area contributed by atoms with Crippen molar-refractivity contribution in [1.82, 2.24) is 10.2 Å². The topological polar surface area (TPSA) is 52.6 Å². The predicted octanol–water partition coefficient (Wildman–Crippen LogP) is 1.31. The number of nitrogens with zero attached hydrogens (tertiary/aromatic N) is 1. The van der Waals surface area contributed by atoms with E-state index in [0.29, 0.717) is 12.6 Å². The molecule has 1 unspecified atom stereocenters. The predicted molar refractivity (Wildman–Crippen MR) is 67.0 cm³/mol. The Kier molecular flexibility index (Phi) is 4.05. The van der Waals surface area contributed by atoms with Gasteiger partial charge in [0.1, 0.15) is 6.04 Å². The number of nitrogens with one attached hydrogen (secondary N) is 1. The minimum atomic E-state index is -0.722. The van der Waals surface area contributed by atoms with Gasteiger partial charge in [0.25, 0.3) is 0 Å². The van der Waals surface area contributed by atoms with E-state index in [1.54, 1.807) is 0 Å². The second-order valence-electron chi connectivity index (χ2n) is 5.84. The minimum Gasteiger partial charge on any atom is -0.480 e. The molecule has 4 heteroatoms. The number of carboxylic acid groups (broad SMARTS) is 1. The van der Waals surface area contributed by atoms with E-state index in [2.05, 4.69) is 10.2 Å². The van der Waals surface area contributed by atoms with Crippen LogP contribution < -0.4 is 5.32 Å². The molecule has 4 nitrogen and oxygen atoms in total. The first-order valence-corrected chi connectivity index (χ1v) is 6.79. The first-order valence-electron chi connectivity index (χ1n) is 6.79. The third-order valence-electron chi connectivity index (χ3n) is 3.50. The van der Waals surface area contributed by atoms with Crippen molar-refractivity contribution in [2.45, 2.75) is 57.7 Å². The molecule has 2 fully saturated rings. The van der Waals surface area contributed by atoms with E-state index in [1.807, 2.05) is 13.8 Å². The van der Waals surface area contributed by atoms with Gasteiger partial charge in [0.15, 0.2) is 0 Å². The fourth-order valence-electron chi connectivity index (χ4n) is 2.28. The van der Waals surface area contributed by atoms with E-state index >= 15 is 0 Å². The van der Waals surface area contributed by atoms with Gasteiger partial charge in [-0.25, -0.2) is 0 Å². The quantitative estimate of drug-likeness (QED) is 0.672. The maximum absolute atomic E-state index is 11.2. The van der Waals surface area contributed by atoms with Gasteiger partial charge in [-0.1, -0.05) is 13.8 Å². The summed E-state index contributed by atoms with van der Waals surface area (Å²) in [4.78, 5) is 13.6. The molecule has 2 saturated carbocycles. The molecule has 17 heavy (non-hydrogen) atoms. The first-order chi connectivity index (χ1) is 8.06. The lowest BCUT2D eigenvalue weighted by Crippen LogP contribution is -2.49. The molecule has 0 aromatic rings. The summed E-state index contributed by atoms with van der Waals surface area (Å²) < 4.78 is 0. The van der Waals surface area contributed by atoms with Crippen LogP contribution >= 0.6 is 0 Å². The molecule has 98 valence electrons. The molecule has 0 heterocycles. The van der Waals surface area contributed by atoms with Crippen molar-refractivity contribution in [1.29, 1.82) is 0 Å². The van der Waals surface area contributed by atoms with Crippen LogP contribution in [0.2, 0.25) is 0 Å². The zero-order valence-electron chi connectivity index (χ0n) is 10.9. The highest BCUT2D eigenvalue weighted by Crippen LogP contribution is 2.34. The van der Waals surface area contributed by atoms with E-state index < -0.39 is 12.0 Å². The molecule has 2 aliphatic rings. The molecule has 2 N–H and O–H groups in total. The van der Waals surface area contributed by atoms with Gasteiger partial charge >= 0.3 is 5.97 Å². The molecule has 0 spiro atoms. The monoisotopic (exact) mass is 240 g/mol. The van der Waals surface area contributed by atoms with Crippen molar-refractivity contribution in [3.05, 3.63) is 0 Å². The Morgan fingerprint density at radius 1 is 1.35 bits per heavy atom. The number of aliphatic carboxylic acids is 1. The van der Waals surface area contributed by atoms with Crippen molar-refractivity contribution in [2.24, 2.45) is 5.92 Å². The zero-order valence-corrected chi connectivity index (χ0v) is 10.9. The van der Waals surface area contributed by atoms with Crippen LogP contribution in [0.1, 0.15) is 39.5 Å². The van der Waals surface area contributed by atoms with Crippen LogP contribution in [0.15, 0.2) is 0 Å². The maximum atomic E-state index is 11.2. The molecule has 0 saturated heterocycles. The molecular formula is C13H24N2O2. The Hall–Kier alpha value is -0.610. The molecule has 0 radical (unpaired) electrons. The normalized spacial score (nSPS) is 22.1. The number of hydrogen-bond donors (Lipinski definition) is 2. The second-order valence-corrected chi connectivity index (χ2v) is 5.84. The van der Waals surface area contributed by atoms with Crippen LogP contribution in [0.4, 0.5) is 0 Å². The molecule has 0 aromatic heterocycles. The lowest BCUT2D eigenvalue weighted by Gasteiger charge is -2.27. The summed E-state index contributed by atoms with van der Waals surface area (Å²) in [6.45, 7) is 5.76. The van der Waals surface area contributed by atoms with Crippen LogP contribution in [0.3, 0.4) is 0 Å². The van der Waals surface area contributed by atoms with Crippen molar-refractivity contribution in [2.75, 3.05) is 13.1 Å². The van der Waals surface area contributed by atoms with Crippen molar-refractivity contribution < 1.29 is 9.90 Å². The molecular weight excluding hydrogens is 216 g/mol. The average molecular weight is 240 g/mol. The third-order valence-corrected chi connectivity index (χ3v) is 3.50. The average Bonchev–Trinajstić information content (AvgIpc) is 3.08. The minimum absolute atomic E-state index is 0.220. The molecule has 0 bridgehead atoms. The van der Waals surface area contributed by atoms with E-state index in [9.17, 15) is 9.90 Å². The van der Waals surface area contributed by atoms with E-state index in [4.69, 9.17) is 0 Å².